The van der Waals surface area contributed by atoms with Crippen LogP contribution in [0.3, 0.4) is 0 Å². The van der Waals surface area contributed by atoms with Crippen molar-refractivity contribution in [2.45, 2.75) is 31.1 Å². The fourth-order valence-electron chi connectivity index (χ4n) is 2.14. The molecule has 0 radical (unpaired) electrons. The van der Waals surface area contributed by atoms with Crippen LogP contribution in [-0.2, 0) is 10.2 Å². The van der Waals surface area contributed by atoms with Gasteiger partial charge in [-0.1, -0.05) is 12.8 Å². The van der Waals surface area contributed by atoms with Gasteiger partial charge in [-0.25, -0.2) is 0 Å². The highest BCUT2D eigenvalue weighted by Crippen LogP contribution is 2.41. The predicted octanol–water partition coefficient (Wildman–Crippen LogP) is 2.64. The van der Waals surface area contributed by atoms with Gasteiger partial charge in [0.1, 0.15) is 0 Å². The van der Waals surface area contributed by atoms with Crippen molar-refractivity contribution < 1.29 is 9.90 Å². The monoisotopic (exact) mass is 196 g/mol. The molecule has 1 saturated carbocycles. The van der Waals surface area contributed by atoms with Gasteiger partial charge in [-0.15, -0.1) is 0 Å². The zero-order valence-electron chi connectivity index (χ0n) is 7.32. The maximum Gasteiger partial charge on any atom is 0.314 e. The standard InChI is InChI=1S/C10H12O2S/c11-9(12)10(4-1-2-5-10)8-3-6-13-7-8/h3,6-7H,1-2,4-5H2,(H,11,12). The third-order valence-corrected chi connectivity index (χ3v) is 3.62. The SMILES string of the molecule is O=C(O)C1(c2ccsc2)CCCC1. The average molecular weight is 196 g/mol. The second-order valence-corrected chi connectivity index (χ2v) is 4.39. The minimum Gasteiger partial charge on any atom is -0.481 e. The fourth-order valence-corrected chi connectivity index (χ4v) is 2.90. The fraction of sp³-hybridized carbons (Fsp3) is 0.500. The van der Waals surface area contributed by atoms with Crippen LogP contribution < -0.4 is 0 Å². The van der Waals surface area contributed by atoms with Crippen molar-refractivity contribution in [3.05, 3.63) is 22.4 Å². The maximum absolute atomic E-state index is 11.2. The van der Waals surface area contributed by atoms with Crippen LogP contribution in [0.4, 0.5) is 0 Å². The van der Waals surface area contributed by atoms with Gasteiger partial charge in [0.25, 0.3) is 0 Å². The van der Waals surface area contributed by atoms with Crippen molar-refractivity contribution in [1.82, 2.24) is 0 Å². The molecule has 13 heavy (non-hydrogen) atoms. The van der Waals surface area contributed by atoms with Gasteiger partial charge in [-0.2, -0.15) is 11.3 Å². The van der Waals surface area contributed by atoms with Crippen LogP contribution in [0.15, 0.2) is 16.8 Å². The molecule has 3 heteroatoms. The molecule has 1 aliphatic rings. The smallest absolute Gasteiger partial charge is 0.314 e. The van der Waals surface area contributed by atoms with Crippen LogP contribution in [0, 0.1) is 0 Å². The Hall–Kier alpha value is -0.830. The molecule has 1 fully saturated rings. The lowest BCUT2D eigenvalue weighted by atomic mass is 9.80. The van der Waals surface area contributed by atoms with Crippen LogP contribution in [0.5, 0.6) is 0 Å². The van der Waals surface area contributed by atoms with Gasteiger partial charge in [-0.05, 0) is 35.2 Å². The van der Waals surface area contributed by atoms with Crippen molar-refractivity contribution in [2.75, 3.05) is 0 Å². The van der Waals surface area contributed by atoms with Crippen molar-refractivity contribution in [1.29, 1.82) is 0 Å². The third kappa shape index (κ3) is 1.27. The van der Waals surface area contributed by atoms with Gasteiger partial charge < -0.3 is 5.11 Å². The zero-order valence-corrected chi connectivity index (χ0v) is 8.14. The molecule has 1 aromatic rings. The summed E-state index contributed by atoms with van der Waals surface area (Å²) in [6.07, 6.45) is 3.70. The van der Waals surface area contributed by atoms with E-state index in [-0.39, 0.29) is 0 Å². The van der Waals surface area contributed by atoms with Crippen molar-refractivity contribution in [3.8, 4) is 0 Å². The number of hydrogen-bond donors (Lipinski definition) is 1. The Morgan fingerprint density at radius 3 is 2.62 bits per heavy atom. The Kier molecular flexibility index (Phi) is 2.12. The van der Waals surface area contributed by atoms with Crippen LogP contribution in [0.2, 0.25) is 0 Å². The summed E-state index contributed by atoms with van der Waals surface area (Å²) >= 11 is 1.58. The molecule has 1 aliphatic carbocycles. The maximum atomic E-state index is 11.2. The lowest BCUT2D eigenvalue weighted by molar-refractivity contribution is -0.143. The van der Waals surface area contributed by atoms with Crippen molar-refractivity contribution >= 4 is 17.3 Å². The van der Waals surface area contributed by atoms with Crippen molar-refractivity contribution in [2.24, 2.45) is 0 Å². The van der Waals surface area contributed by atoms with Gasteiger partial charge >= 0.3 is 5.97 Å². The summed E-state index contributed by atoms with van der Waals surface area (Å²) in [6, 6.07) is 1.95. The lowest BCUT2D eigenvalue weighted by Crippen LogP contribution is -2.31. The summed E-state index contributed by atoms with van der Waals surface area (Å²) in [5, 5.41) is 13.2. The van der Waals surface area contributed by atoms with E-state index in [0.717, 1.165) is 31.2 Å². The summed E-state index contributed by atoms with van der Waals surface area (Å²) in [4.78, 5) is 11.2. The molecular weight excluding hydrogens is 184 g/mol. The Bertz CT molecular complexity index is 297. The second-order valence-electron chi connectivity index (χ2n) is 3.61. The van der Waals surface area contributed by atoms with Crippen LogP contribution >= 0.6 is 11.3 Å². The molecule has 0 aliphatic heterocycles. The molecule has 1 aromatic heterocycles. The Balaban J connectivity index is 2.39. The van der Waals surface area contributed by atoms with E-state index >= 15 is 0 Å². The first kappa shape index (κ1) is 8.75. The number of thiophene rings is 1. The number of carboxylic acids is 1. The topological polar surface area (TPSA) is 37.3 Å². The van der Waals surface area contributed by atoms with Gasteiger partial charge in [0.05, 0.1) is 5.41 Å². The summed E-state index contributed by atoms with van der Waals surface area (Å²) in [5.74, 6) is -0.650. The molecule has 0 atom stereocenters. The average Bonchev–Trinajstić information content (AvgIpc) is 2.75. The van der Waals surface area contributed by atoms with E-state index in [9.17, 15) is 9.90 Å². The van der Waals surface area contributed by atoms with Gasteiger partial charge in [0, 0.05) is 0 Å². The molecule has 0 amide bonds. The first-order chi connectivity index (χ1) is 6.26. The first-order valence-electron chi connectivity index (χ1n) is 4.52. The van der Waals surface area contributed by atoms with Crippen LogP contribution in [-0.4, -0.2) is 11.1 Å². The number of aliphatic carboxylic acids is 1. The zero-order chi connectivity index (χ0) is 9.31. The second kappa shape index (κ2) is 3.14. The minimum absolute atomic E-state index is 0.556. The predicted molar refractivity (Wildman–Crippen MR) is 52.1 cm³/mol. The van der Waals surface area contributed by atoms with E-state index < -0.39 is 11.4 Å². The van der Waals surface area contributed by atoms with Gasteiger partial charge in [0.2, 0.25) is 0 Å². The number of rotatable bonds is 2. The normalized spacial score (nSPS) is 20.3. The molecule has 0 bridgehead atoms. The molecule has 0 unspecified atom stereocenters. The highest BCUT2D eigenvalue weighted by atomic mass is 32.1. The Morgan fingerprint density at radius 2 is 2.15 bits per heavy atom. The summed E-state index contributed by atoms with van der Waals surface area (Å²) in [5.41, 5.74) is 0.447. The third-order valence-electron chi connectivity index (χ3n) is 2.94. The summed E-state index contributed by atoms with van der Waals surface area (Å²) in [6.45, 7) is 0. The van der Waals surface area contributed by atoms with E-state index in [1.165, 1.54) is 0 Å². The molecule has 0 saturated heterocycles. The van der Waals surface area contributed by atoms with Gasteiger partial charge in [0.15, 0.2) is 0 Å². The van der Waals surface area contributed by atoms with E-state index in [1.54, 1.807) is 11.3 Å². The van der Waals surface area contributed by atoms with Crippen molar-refractivity contribution in [3.63, 3.8) is 0 Å². The molecular formula is C10H12O2S. The largest absolute Gasteiger partial charge is 0.481 e. The number of hydrogen-bond acceptors (Lipinski definition) is 2. The van der Waals surface area contributed by atoms with E-state index in [0.29, 0.717) is 0 Å². The van der Waals surface area contributed by atoms with Crippen LogP contribution in [0.1, 0.15) is 31.2 Å². The van der Waals surface area contributed by atoms with Crippen LogP contribution in [0.25, 0.3) is 0 Å². The van der Waals surface area contributed by atoms with E-state index in [1.807, 2.05) is 16.8 Å². The molecule has 1 heterocycles. The number of carbonyl (C=O) groups is 1. The van der Waals surface area contributed by atoms with E-state index in [2.05, 4.69) is 0 Å². The Labute approximate surface area is 81.2 Å². The first-order valence-corrected chi connectivity index (χ1v) is 5.46. The Morgan fingerprint density at radius 1 is 1.46 bits per heavy atom. The van der Waals surface area contributed by atoms with Gasteiger partial charge in [-0.3, -0.25) is 4.79 Å². The molecule has 2 nitrogen and oxygen atoms in total. The number of carboxylic acid groups (broad SMARTS) is 1. The highest BCUT2D eigenvalue weighted by Gasteiger charge is 2.42. The summed E-state index contributed by atoms with van der Waals surface area (Å²) in [7, 11) is 0. The minimum atomic E-state index is -0.650. The quantitative estimate of drug-likeness (QED) is 0.789. The highest BCUT2D eigenvalue weighted by molar-refractivity contribution is 7.08. The molecule has 70 valence electrons. The molecule has 1 N–H and O–H groups in total. The molecule has 2 rings (SSSR count). The molecule has 0 spiro atoms. The molecule has 0 aromatic carbocycles. The lowest BCUT2D eigenvalue weighted by Gasteiger charge is -2.22. The van der Waals surface area contributed by atoms with E-state index in [4.69, 9.17) is 0 Å². The summed E-state index contributed by atoms with van der Waals surface area (Å²) < 4.78 is 0.